The lowest BCUT2D eigenvalue weighted by Crippen LogP contribution is -1.87. The highest BCUT2D eigenvalue weighted by molar-refractivity contribution is 6.30. The second kappa shape index (κ2) is 6.29. The van der Waals surface area contributed by atoms with Gasteiger partial charge in [-0.05, 0) is 36.4 Å². The van der Waals surface area contributed by atoms with Crippen LogP contribution in [0.2, 0.25) is 5.02 Å². The van der Waals surface area contributed by atoms with Gasteiger partial charge in [0.05, 0.1) is 0 Å². The van der Waals surface area contributed by atoms with E-state index in [-0.39, 0.29) is 7.69 Å². The summed E-state index contributed by atoms with van der Waals surface area (Å²) < 4.78 is 2.04. The molecule has 0 aliphatic carbocycles. The summed E-state index contributed by atoms with van der Waals surface area (Å²) in [6.07, 6.45) is 4.01. The van der Waals surface area contributed by atoms with Gasteiger partial charge in [0.1, 0.15) is 0 Å². The minimum Gasteiger partial charge on any atom is -0.429 e. The summed E-state index contributed by atoms with van der Waals surface area (Å²) in [5.41, 5.74) is 1.13. The highest BCUT2D eigenvalue weighted by Gasteiger charge is 1.92. The van der Waals surface area contributed by atoms with Crippen molar-refractivity contribution in [3.05, 3.63) is 53.8 Å². The molecule has 0 bridgehead atoms. The normalized spacial score (nSPS) is 9.00. The lowest BCUT2D eigenvalue weighted by molar-refractivity contribution is 0.448. The Morgan fingerprint density at radius 1 is 1.00 bits per heavy atom. The quantitative estimate of drug-likeness (QED) is 0.721. The molecule has 0 atom stereocenters. The van der Waals surface area contributed by atoms with Gasteiger partial charge in [-0.25, -0.2) is 0 Å². The zero-order valence-electron chi connectivity index (χ0n) is 7.92. The van der Waals surface area contributed by atoms with Crippen molar-refractivity contribution in [3.63, 3.8) is 0 Å². The molecular weight excluding hydrogens is 212 g/mol. The Morgan fingerprint density at radius 3 is 1.93 bits per heavy atom. The van der Waals surface area contributed by atoms with Gasteiger partial charge in [-0.15, -0.1) is 0 Å². The molecule has 0 spiro atoms. The highest BCUT2D eigenvalue weighted by Crippen LogP contribution is 2.12. The minimum atomic E-state index is 0. The van der Waals surface area contributed by atoms with Crippen LogP contribution < -0.4 is 0 Å². The fourth-order valence-corrected chi connectivity index (χ4v) is 1.25. The zero-order chi connectivity index (χ0) is 11.1. The molecule has 0 fully saturated rings. The number of halogens is 1. The van der Waals surface area contributed by atoms with Crippen molar-refractivity contribution in [2.45, 2.75) is 0 Å². The van der Waals surface area contributed by atoms with Crippen LogP contribution in [0.25, 0.3) is 5.69 Å². The van der Waals surface area contributed by atoms with Crippen LogP contribution in [-0.4, -0.2) is 22.3 Å². The molecule has 2 rings (SSSR count). The average molecular weight is 222 g/mol. The molecule has 5 heteroatoms. The van der Waals surface area contributed by atoms with E-state index in [1.807, 2.05) is 53.4 Å². The Bertz CT molecular complexity index is 375. The fourth-order valence-electron chi connectivity index (χ4n) is 1.12. The smallest absolute Gasteiger partial charge is 0.429 e. The standard InChI is InChI=1S/C10H8ClN.BH2O2/c11-9-3-5-10(6-4-9)12-7-1-2-8-12;2-1-3/h1-8H;2-3H. The Hall–Kier alpha value is -1.23. The van der Waals surface area contributed by atoms with Crippen LogP contribution in [0.5, 0.6) is 0 Å². The van der Waals surface area contributed by atoms with Crippen LogP contribution in [0, 0.1) is 0 Å². The van der Waals surface area contributed by atoms with Crippen molar-refractivity contribution in [2.75, 3.05) is 0 Å². The van der Waals surface area contributed by atoms with E-state index in [4.69, 9.17) is 21.6 Å². The van der Waals surface area contributed by atoms with Crippen LogP contribution in [0.3, 0.4) is 0 Å². The molecule has 0 unspecified atom stereocenters. The number of rotatable bonds is 1. The van der Waals surface area contributed by atoms with Gasteiger partial charge in [0, 0.05) is 23.1 Å². The van der Waals surface area contributed by atoms with E-state index in [2.05, 4.69) is 0 Å². The molecule has 1 aromatic heterocycles. The molecule has 0 aliphatic rings. The number of nitrogens with zero attached hydrogens (tertiary/aromatic N) is 1. The molecule has 1 aromatic carbocycles. The van der Waals surface area contributed by atoms with Gasteiger partial charge in [0.15, 0.2) is 0 Å². The molecule has 77 valence electrons. The van der Waals surface area contributed by atoms with E-state index in [1.54, 1.807) is 0 Å². The molecule has 0 saturated heterocycles. The van der Waals surface area contributed by atoms with Crippen molar-refractivity contribution in [3.8, 4) is 5.69 Å². The average Bonchev–Trinajstić information content (AvgIpc) is 2.73. The first kappa shape index (κ1) is 11.8. The maximum atomic E-state index is 7.00. The summed E-state index contributed by atoms with van der Waals surface area (Å²) in [5, 5.41) is 14.8. The summed E-state index contributed by atoms with van der Waals surface area (Å²) in [7, 11) is 0. The summed E-state index contributed by atoms with van der Waals surface area (Å²) in [4.78, 5) is 0. The fraction of sp³-hybridized carbons (Fsp3) is 0. The predicted octanol–water partition coefficient (Wildman–Crippen LogP) is 1.64. The zero-order valence-corrected chi connectivity index (χ0v) is 8.67. The molecule has 1 radical (unpaired) electrons. The van der Waals surface area contributed by atoms with E-state index in [0.29, 0.717) is 0 Å². The monoisotopic (exact) mass is 222 g/mol. The van der Waals surface area contributed by atoms with Gasteiger partial charge in [0.2, 0.25) is 0 Å². The van der Waals surface area contributed by atoms with E-state index in [9.17, 15) is 0 Å². The molecule has 3 nitrogen and oxygen atoms in total. The summed E-state index contributed by atoms with van der Waals surface area (Å²) >= 11 is 5.76. The number of hydrogen-bond donors (Lipinski definition) is 2. The molecule has 2 aromatic rings. The van der Waals surface area contributed by atoms with Gasteiger partial charge in [-0.2, -0.15) is 0 Å². The Labute approximate surface area is 93.9 Å². The second-order valence-corrected chi connectivity index (χ2v) is 3.12. The summed E-state index contributed by atoms with van der Waals surface area (Å²) in [6.45, 7) is 0. The molecular formula is C10H10BClNO2. The van der Waals surface area contributed by atoms with Crippen molar-refractivity contribution in [1.82, 2.24) is 4.57 Å². The van der Waals surface area contributed by atoms with E-state index >= 15 is 0 Å². The summed E-state index contributed by atoms with van der Waals surface area (Å²) in [5.74, 6) is 0. The van der Waals surface area contributed by atoms with Gasteiger partial charge in [-0.1, -0.05) is 11.6 Å². The SMILES string of the molecule is Clc1ccc(-n2cccc2)cc1.O[B]O. The Kier molecular flexibility index (Phi) is 4.97. The Morgan fingerprint density at radius 2 is 1.47 bits per heavy atom. The van der Waals surface area contributed by atoms with Crippen molar-refractivity contribution >= 4 is 19.3 Å². The van der Waals surface area contributed by atoms with Gasteiger partial charge in [-0.3, -0.25) is 0 Å². The van der Waals surface area contributed by atoms with Gasteiger partial charge in [0.25, 0.3) is 0 Å². The molecule has 15 heavy (non-hydrogen) atoms. The van der Waals surface area contributed by atoms with Gasteiger partial charge < -0.3 is 14.6 Å². The minimum absolute atomic E-state index is 0. The first-order valence-electron chi connectivity index (χ1n) is 4.27. The van der Waals surface area contributed by atoms with Crippen molar-refractivity contribution < 1.29 is 10.0 Å². The van der Waals surface area contributed by atoms with Crippen LogP contribution in [0.15, 0.2) is 48.8 Å². The maximum Gasteiger partial charge on any atom is 0.482 e. The van der Waals surface area contributed by atoms with Crippen molar-refractivity contribution in [2.24, 2.45) is 0 Å². The maximum absolute atomic E-state index is 7.00. The van der Waals surface area contributed by atoms with E-state index in [1.165, 1.54) is 0 Å². The van der Waals surface area contributed by atoms with Crippen LogP contribution in [-0.2, 0) is 0 Å². The molecule has 2 N–H and O–H groups in total. The van der Waals surface area contributed by atoms with Crippen LogP contribution in [0.1, 0.15) is 0 Å². The highest BCUT2D eigenvalue weighted by atomic mass is 35.5. The predicted molar refractivity (Wildman–Crippen MR) is 61.0 cm³/mol. The Balaban J connectivity index is 0.000000337. The number of hydrogen-bond acceptors (Lipinski definition) is 2. The van der Waals surface area contributed by atoms with Crippen LogP contribution >= 0.6 is 11.6 Å². The first-order chi connectivity index (χ1) is 7.27. The molecule has 1 heterocycles. The lowest BCUT2D eigenvalue weighted by atomic mass is 10.3. The molecule has 0 saturated carbocycles. The van der Waals surface area contributed by atoms with Gasteiger partial charge >= 0.3 is 7.69 Å². The third-order valence-corrected chi connectivity index (χ3v) is 1.98. The molecule has 0 aliphatic heterocycles. The molecule has 0 amide bonds. The first-order valence-corrected chi connectivity index (χ1v) is 4.64. The third-order valence-electron chi connectivity index (χ3n) is 1.73. The van der Waals surface area contributed by atoms with E-state index in [0.717, 1.165) is 10.7 Å². The lowest BCUT2D eigenvalue weighted by Gasteiger charge is -2.01. The van der Waals surface area contributed by atoms with Crippen LogP contribution in [0.4, 0.5) is 0 Å². The van der Waals surface area contributed by atoms with Crippen molar-refractivity contribution in [1.29, 1.82) is 0 Å². The second-order valence-electron chi connectivity index (χ2n) is 2.68. The number of aromatic nitrogens is 1. The topological polar surface area (TPSA) is 45.4 Å². The largest absolute Gasteiger partial charge is 0.482 e. The third kappa shape index (κ3) is 3.79. The number of benzene rings is 1. The summed E-state index contributed by atoms with van der Waals surface area (Å²) in [6, 6.07) is 11.7. The van der Waals surface area contributed by atoms with E-state index < -0.39 is 0 Å².